The molecule has 0 spiro atoms. The van der Waals surface area contributed by atoms with E-state index in [-0.39, 0.29) is 6.04 Å². The van der Waals surface area contributed by atoms with E-state index in [1.807, 2.05) is 4.40 Å². The van der Waals surface area contributed by atoms with Crippen molar-refractivity contribution >= 4 is 16.8 Å². The quantitative estimate of drug-likeness (QED) is 0.688. The Hall–Kier alpha value is -2.02. The van der Waals surface area contributed by atoms with Gasteiger partial charge >= 0.3 is 0 Å². The second-order valence-electron chi connectivity index (χ2n) is 4.86. The average Bonchev–Trinajstić information content (AvgIpc) is 2.98. The van der Waals surface area contributed by atoms with Gasteiger partial charge < -0.3 is 10.7 Å². The summed E-state index contributed by atoms with van der Waals surface area (Å²) < 4.78 is 1.89. The van der Waals surface area contributed by atoms with E-state index in [0.717, 1.165) is 23.4 Å². The summed E-state index contributed by atoms with van der Waals surface area (Å²) in [6.07, 6.45) is 6.55. The minimum Gasteiger partial charge on any atom is -0.340 e. The van der Waals surface area contributed by atoms with Gasteiger partial charge in [0.1, 0.15) is 17.7 Å². The van der Waals surface area contributed by atoms with Crippen LogP contribution in [-0.2, 0) is 6.42 Å². The van der Waals surface area contributed by atoms with Crippen LogP contribution in [0.4, 0.5) is 0 Å². The van der Waals surface area contributed by atoms with Crippen LogP contribution >= 0.6 is 0 Å². The van der Waals surface area contributed by atoms with Crippen LogP contribution in [-0.4, -0.2) is 35.6 Å². The molecule has 1 atom stereocenters. The van der Waals surface area contributed by atoms with Crippen LogP contribution in [0, 0.1) is 5.92 Å². The van der Waals surface area contributed by atoms with Gasteiger partial charge in [-0.1, -0.05) is 0 Å². The molecule has 0 saturated heterocycles. The SMILES string of the molecule is NC(Cc1nnc2c3[nH]cnc3ncn12)C1CC1. The number of nitrogens with zero attached hydrogens (tertiary/aromatic N) is 5. The van der Waals surface area contributed by atoms with Gasteiger partial charge in [-0.3, -0.25) is 4.40 Å². The van der Waals surface area contributed by atoms with Crippen LogP contribution in [0.3, 0.4) is 0 Å². The summed E-state index contributed by atoms with van der Waals surface area (Å²) in [6, 6.07) is 0.176. The number of H-pyrrole nitrogens is 1. The zero-order chi connectivity index (χ0) is 12.1. The first-order valence-electron chi connectivity index (χ1n) is 6.10. The van der Waals surface area contributed by atoms with Gasteiger partial charge in [-0.05, 0) is 18.8 Å². The Bertz CT molecular complexity index is 708. The highest BCUT2D eigenvalue weighted by Gasteiger charge is 2.29. The molecule has 0 amide bonds. The van der Waals surface area contributed by atoms with Crippen molar-refractivity contribution in [3.8, 4) is 0 Å². The van der Waals surface area contributed by atoms with E-state index >= 15 is 0 Å². The Balaban J connectivity index is 1.80. The van der Waals surface area contributed by atoms with Crippen LogP contribution < -0.4 is 5.73 Å². The lowest BCUT2D eigenvalue weighted by Crippen LogP contribution is -2.26. The number of nitrogens with two attached hydrogens (primary N) is 1. The monoisotopic (exact) mass is 243 g/mol. The fourth-order valence-corrected chi connectivity index (χ4v) is 2.32. The molecule has 4 rings (SSSR count). The van der Waals surface area contributed by atoms with Crippen molar-refractivity contribution in [2.24, 2.45) is 11.7 Å². The summed E-state index contributed by atoms with van der Waals surface area (Å²) in [6.45, 7) is 0. The van der Waals surface area contributed by atoms with Gasteiger partial charge in [0.15, 0.2) is 11.3 Å². The predicted octanol–water partition coefficient (Wildman–Crippen LogP) is 0.280. The zero-order valence-electron chi connectivity index (χ0n) is 9.74. The minimum absolute atomic E-state index is 0.176. The summed E-state index contributed by atoms with van der Waals surface area (Å²) in [7, 11) is 0. The van der Waals surface area contributed by atoms with Crippen molar-refractivity contribution in [2.75, 3.05) is 0 Å². The topological polar surface area (TPSA) is 97.8 Å². The van der Waals surface area contributed by atoms with Crippen LogP contribution in [0.1, 0.15) is 18.7 Å². The van der Waals surface area contributed by atoms with Crippen molar-refractivity contribution in [3.05, 3.63) is 18.5 Å². The summed E-state index contributed by atoms with van der Waals surface area (Å²) in [5.74, 6) is 1.52. The summed E-state index contributed by atoms with van der Waals surface area (Å²) in [4.78, 5) is 11.4. The smallest absolute Gasteiger partial charge is 0.189 e. The van der Waals surface area contributed by atoms with E-state index in [1.165, 1.54) is 12.8 Å². The fourth-order valence-electron chi connectivity index (χ4n) is 2.32. The zero-order valence-corrected chi connectivity index (χ0v) is 9.74. The molecule has 3 heterocycles. The maximum atomic E-state index is 6.13. The molecule has 0 aliphatic heterocycles. The first kappa shape index (κ1) is 9.95. The standard InChI is InChI=1S/C11H13N7/c12-7(6-1-2-6)3-8-16-17-11-9-10(14-4-13-9)15-5-18(8)11/h4-7H,1-3,12H2,(H,13,14). The number of aromatic amines is 1. The Morgan fingerprint density at radius 2 is 2.28 bits per heavy atom. The fraction of sp³-hybridized carbons (Fsp3) is 0.455. The summed E-state index contributed by atoms with van der Waals surface area (Å²) in [5.41, 5.74) is 8.37. The molecule has 1 fully saturated rings. The molecular weight excluding hydrogens is 230 g/mol. The van der Waals surface area contributed by atoms with Crippen molar-refractivity contribution < 1.29 is 0 Å². The molecule has 0 bridgehead atoms. The van der Waals surface area contributed by atoms with E-state index in [4.69, 9.17) is 5.73 Å². The molecule has 3 N–H and O–H groups in total. The van der Waals surface area contributed by atoms with Crippen molar-refractivity contribution in [1.29, 1.82) is 0 Å². The van der Waals surface area contributed by atoms with Gasteiger partial charge in [-0.15, -0.1) is 10.2 Å². The van der Waals surface area contributed by atoms with Gasteiger partial charge in [-0.25, -0.2) is 9.97 Å². The lowest BCUT2D eigenvalue weighted by Gasteiger charge is -2.07. The first-order chi connectivity index (χ1) is 8.83. The molecule has 1 aliphatic rings. The Morgan fingerprint density at radius 3 is 3.11 bits per heavy atom. The Labute approximate surface area is 102 Å². The summed E-state index contributed by atoms with van der Waals surface area (Å²) >= 11 is 0. The van der Waals surface area contributed by atoms with Crippen LogP contribution in [0.2, 0.25) is 0 Å². The van der Waals surface area contributed by atoms with Crippen LogP contribution in [0.5, 0.6) is 0 Å². The highest BCUT2D eigenvalue weighted by Crippen LogP contribution is 2.32. The highest BCUT2D eigenvalue weighted by molar-refractivity contribution is 5.84. The number of hydrogen-bond donors (Lipinski definition) is 2. The maximum Gasteiger partial charge on any atom is 0.189 e. The molecule has 7 heteroatoms. The maximum absolute atomic E-state index is 6.13. The summed E-state index contributed by atoms with van der Waals surface area (Å²) in [5, 5.41) is 8.42. The molecule has 3 aromatic rings. The van der Waals surface area contributed by atoms with Crippen LogP contribution in [0.25, 0.3) is 16.8 Å². The van der Waals surface area contributed by atoms with E-state index in [2.05, 4.69) is 25.1 Å². The van der Waals surface area contributed by atoms with Gasteiger partial charge in [-0.2, -0.15) is 0 Å². The third kappa shape index (κ3) is 1.40. The van der Waals surface area contributed by atoms with Crippen molar-refractivity contribution in [1.82, 2.24) is 29.5 Å². The lowest BCUT2D eigenvalue weighted by atomic mass is 10.1. The number of rotatable bonds is 3. The number of fused-ring (bicyclic) bond motifs is 3. The minimum atomic E-state index is 0.176. The van der Waals surface area contributed by atoms with E-state index in [0.29, 0.717) is 11.6 Å². The molecule has 0 radical (unpaired) electrons. The highest BCUT2D eigenvalue weighted by atomic mass is 15.3. The number of nitrogens with one attached hydrogen (secondary N) is 1. The number of imidazole rings is 1. The molecule has 3 aromatic heterocycles. The van der Waals surface area contributed by atoms with E-state index in [9.17, 15) is 0 Å². The lowest BCUT2D eigenvalue weighted by molar-refractivity contribution is 0.572. The Kier molecular flexibility index (Phi) is 1.93. The molecule has 92 valence electrons. The molecule has 7 nitrogen and oxygen atoms in total. The second kappa shape index (κ2) is 3.49. The van der Waals surface area contributed by atoms with Gasteiger partial charge in [0, 0.05) is 12.5 Å². The average molecular weight is 243 g/mol. The predicted molar refractivity (Wildman–Crippen MR) is 64.8 cm³/mol. The van der Waals surface area contributed by atoms with Crippen molar-refractivity contribution in [3.63, 3.8) is 0 Å². The van der Waals surface area contributed by atoms with Crippen LogP contribution in [0.15, 0.2) is 12.7 Å². The van der Waals surface area contributed by atoms with Gasteiger partial charge in [0.05, 0.1) is 6.33 Å². The molecule has 18 heavy (non-hydrogen) atoms. The molecular formula is C11H13N7. The largest absolute Gasteiger partial charge is 0.340 e. The number of aromatic nitrogens is 6. The number of hydrogen-bond acceptors (Lipinski definition) is 5. The van der Waals surface area contributed by atoms with E-state index in [1.54, 1.807) is 12.7 Å². The van der Waals surface area contributed by atoms with E-state index < -0.39 is 0 Å². The normalized spacial score (nSPS) is 17.6. The molecule has 1 unspecified atom stereocenters. The third-order valence-electron chi connectivity index (χ3n) is 3.55. The van der Waals surface area contributed by atoms with Gasteiger partial charge in [0.2, 0.25) is 0 Å². The third-order valence-corrected chi connectivity index (χ3v) is 3.55. The first-order valence-corrected chi connectivity index (χ1v) is 6.10. The second-order valence-corrected chi connectivity index (χ2v) is 4.86. The van der Waals surface area contributed by atoms with Crippen molar-refractivity contribution in [2.45, 2.75) is 25.3 Å². The van der Waals surface area contributed by atoms with Gasteiger partial charge in [0.25, 0.3) is 0 Å². The molecule has 1 saturated carbocycles. The Morgan fingerprint density at radius 1 is 1.39 bits per heavy atom. The molecule has 1 aliphatic carbocycles. The molecule has 0 aromatic carbocycles.